The number of nitrogens with zero attached hydrogens (tertiary/aromatic N) is 1. The maximum atomic E-state index is 9.00. The molecule has 11 heavy (non-hydrogen) atoms. The Morgan fingerprint density at radius 3 is 1.73 bits per heavy atom. The van der Waals surface area contributed by atoms with Crippen molar-refractivity contribution in [3.63, 3.8) is 0 Å². The lowest BCUT2D eigenvalue weighted by molar-refractivity contribution is -0.134. The monoisotopic (exact) mass is 164 g/mol. The summed E-state index contributed by atoms with van der Waals surface area (Å²) in [5.74, 6) is -0.833. The third-order valence-corrected chi connectivity index (χ3v) is 0.671. The van der Waals surface area contributed by atoms with Gasteiger partial charge in [-0.15, -0.1) is 0 Å². The first-order valence-corrected chi connectivity index (χ1v) is 3.35. The van der Waals surface area contributed by atoms with Gasteiger partial charge in [0.25, 0.3) is 5.97 Å². The summed E-state index contributed by atoms with van der Waals surface area (Å²) in [4.78, 5) is 11.2. The van der Waals surface area contributed by atoms with Crippen LogP contribution in [0.4, 0.5) is 0 Å². The Morgan fingerprint density at radius 1 is 1.45 bits per heavy atom. The Hall–Kier alpha value is -0.610. The van der Waals surface area contributed by atoms with Crippen LogP contribution in [0.3, 0.4) is 0 Å². The van der Waals surface area contributed by atoms with Crippen LogP contribution in [-0.2, 0) is 4.79 Å². The molecule has 0 heterocycles. The Bertz CT molecular complexity index is 80.5. The predicted molar refractivity (Wildman–Crippen MR) is 47.2 cm³/mol. The first kappa shape index (κ1) is 16.8. The molecule has 0 aromatic rings. The third-order valence-electron chi connectivity index (χ3n) is 0.671. The minimum atomic E-state index is -0.833. The van der Waals surface area contributed by atoms with Gasteiger partial charge in [0.2, 0.25) is 0 Å². The quantitative estimate of drug-likeness (QED) is 0.643. The molecule has 0 saturated heterocycles. The van der Waals surface area contributed by atoms with Crippen molar-refractivity contribution < 1.29 is 9.90 Å². The largest absolute Gasteiger partial charge is 0.481 e. The molecule has 0 saturated carbocycles. The zero-order valence-corrected chi connectivity index (χ0v) is 7.92. The smallest absolute Gasteiger partial charge is 0.300 e. The van der Waals surface area contributed by atoms with Gasteiger partial charge in [0.05, 0.1) is 0 Å². The fourth-order valence-corrected chi connectivity index (χ4v) is 0.447. The van der Waals surface area contributed by atoms with Crippen molar-refractivity contribution in [1.29, 1.82) is 0 Å². The maximum absolute atomic E-state index is 9.00. The molecular formula is C7H20N2O2. The van der Waals surface area contributed by atoms with Crippen molar-refractivity contribution in [2.75, 3.05) is 20.6 Å². The lowest BCUT2D eigenvalue weighted by atomic mass is 10.5. The van der Waals surface area contributed by atoms with E-state index in [0.717, 1.165) is 6.92 Å². The highest BCUT2D eigenvalue weighted by molar-refractivity contribution is 5.62. The van der Waals surface area contributed by atoms with Crippen LogP contribution in [0.25, 0.3) is 0 Å². The Balaban J connectivity index is -0.000000114. The van der Waals surface area contributed by atoms with Crippen LogP contribution >= 0.6 is 0 Å². The molecule has 4 heteroatoms. The van der Waals surface area contributed by atoms with Crippen LogP contribution in [0.2, 0.25) is 0 Å². The van der Waals surface area contributed by atoms with E-state index in [1.807, 2.05) is 0 Å². The maximum Gasteiger partial charge on any atom is 0.300 e. The van der Waals surface area contributed by atoms with Crippen molar-refractivity contribution in [3.05, 3.63) is 0 Å². The minimum absolute atomic E-state index is 0. The molecule has 0 fully saturated rings. The molecule has 0 aliphatic carbocycles. The average molecular weight is 164 g/mol. The molecule has 0 aliphatic heterocycles. The normalized spacial score (nSPS) is 7.73. The summed E-state index contributed by atoms with van der Waals surface area (Å²) >= 11 is 0. The molecule has 0 radical (unpaired) electrons. The van der Waals surface area contributed by atoms with E-state index < -0.39 is 5.97 Å². The van der Waals surface area contributed by atoms with Gasteiger partial charge in [0.1, 0.15) is 0 Å². The van der Waals surface area contributed by atoms with Gasteiger partial charge in [0.15, 0.2) is 0 Å². The Labute approximate surface area is 68.8 Å². The number of hydrogen-bond acceptors (Lipinski definition) is 3. The Kier molecular flexibility index (Phi) is 18.5. The van der Waals surface area contributed by atoms with Gasteiger partial charge in [-0.2, -0.15) is 0 Å². The molecule has 0 aromatic heterocycles. The van der Waals surface area contributed by atoms with Crippen LogP contribution in [-0.4, -0.2) is 36.6 Å². The molecule has 0 aromatic carbocycles. The summed E-state index contributed by atoms with van der Waals surface area (Å²) in [5, 5.41) is 7.42. The molecule has 0 spiro atoms. The van der Waals surface area contributed by atoms with Crippen LogP contribution in [0.5, 0.6) is 0 Å². The number of carboxylic acids is 1. The van der Waals surface area contributed by atoms with Crippen LogP contribution in [0.15, 0.2) is 0 Å². The van der Waals surface area contributed by atoms with E-state index in [1.54, 1.807) is 0 Å². The predicted octanol–water partition coefficient (Wildman–Crippen LogP) is 1.21. The SMILES string of the molecule is CC(=O)O.CCCN(C)C.N. The van der Waals surface area contributed by atoms with Crippen LogP contribution in [0, 0.1) is 0 Å². The lowest BCUT2D eigenvalue weighted by Gasteiger charge is -2.03. The lowest BCUT2D eigenvalue weighted by Crippen LogP contribution is -2.11. The number of aliphatic carboxylic acids is 1. The van der Waals surface area contributed by atoms with Gasteiger partial charge in [-0.05, 0) is 27.1 Å². The number of carboxylic acid groups (broad SMARTS) is 1. The minimum Gasteiger partial charge on any atom is -0.481 e. The molecule has 0 aliphatic rings. The molecule has 0 rings (SSSR count). The molecule has 0 bridgehead atoms. The second-order valence-corrected chi connectivity index (χ2v) is 2.32. The average Bonchev–Trinajstić information content (AvgIpc) is 1.62. The molecule has 0 amide bonds. The molecule has 0 unspecified atom stereocenters. The molecule has 70 valence electrons. The van der Waals surface area contributed by atoms with Gasteiger partial charge in [-0.25, -0.2) is 0 Å². The van der Waals surface area contributed by atoms with Gasteiger partial charge in [-0.3, -0.25) is 4.79 Å². The fraction of sp³-hybridized carbons (Fsp3) is 0.857. The van der Waals surface area contributed by atoms with Crippen LogP contribution in [0.1, 0.15) is 20.3 Å². The molecule has 4 nitrogen and oxygen atoms in total. The van der Waals surface area contributed by atoms with E-state index in [0.29, 0.717) is 0 Å². The van der Waals surface area contributed by atoms with E-state index in [2.05, 4.69) is 25.9 Å². The summed E-state index contributed by atoms with van der Waals surface area (Å²) in [6.07, 6.45) is 1.26. The fourth-order valence-electron chi connectivity index (χ4n) is 0.447. The molecular weight excluding hydrogens is 144 g/mol. The number of carbonyl (C=O) groups is 1. The second kappa shape index (κ2) is 12.1. The summed E-state index contributed by atoms with van der Waals surface area (Å²) in [6, 6.07) is 0. The molecule has 0 atom stereocenters. The standard InChI is InChI=1S/C5H13N.C2H4O2.H3N/c1-4-5-6(2)3;1-2(3)4;/h4-5H2,1-3H3;1H3,(H,3,4);1H3. The van der Waals surface area contributed by atoms with Crippen molar-refractivity contribution in [3.8, 4) is 0 Å². The summed E-state index contributed by atoms with van der Waals surface area (Å²) in [5.41, 5.74) is 0. The first-order chi connectivity index (χ1) is 4.50. The zero-order chi connectivity index (χ0) is 8.57. The number of rotatable bonds is 2. The van der Waals surface area contributed by atoms with E-state index in [1.165, 1.54) is 13.0 Å². The van der Waals surface area contributed by atoms with Gasteiger partial charge < -0.3 is 16.2 Å². The molecule has 4 N–H and O–H groups in total. The van der Waals surface area contributed by atoms with E-state index in [4.69, 9.17) is 9.90 Å². The van der Waals surface area contributed by atoms with Crippen molar-refractivity contribution in [2.24, 2.45) is 0 Å². The zero-order valence-electron chi connectivity index (χ0n) is 7.92. The van der Waals surface area contributed by atoms with Crippen molar-refractivity contribution >= 4 is 5.97 Å². The third kappa shape index (κ3) is 89.8. The van der Waals surface area contributed by atoms with E-state index >= 15 is 0 Å². The highest BCUT2D eigenvalue weighted by Crippen LogP contribution is 1.76. The van der Waals surface area contributed by atoms with Gasteiger partial charge >= 0.3 is 0 Å². The van der Waals surface area contributed by atoms with Crippen molar-refractivity contribution in [1.82, 2.24) is 11.1 Å². The van der Waals surface area contributed by atoms with E-state index in [-0.39, 0.29) is 6.15 Å². The summed E-state index contributed by atoms with van der Waals surface area (Å²) in [7, 11) is 4.17. The second-order valence-electron chi connectivity index (χ2n) is 2.32. The highest BCUT2D eigenvalue weighted by Gasteiger charge is 1.79. The summed E-state index contributed by atoms with van der Waals surface area (Å²) in [6.45, 7) is 4.47. The van der Waals surface area contributed by atoms with Crippen molar-refractivity contribution in [2.45, 2.75) is 20.3 Å². The topological polar surface area (TPSA) is 75.5 Å². The van der Waals surface area contributed by atoms with Crippen LogP contribution < -0.4 is 6.15 Å². The first-order valence-electron chi connectivity index (χ1n) is 3.35. The van der Waals surface area contributed by atoms with Gasteiger partial charge in [0, 0.05) is 6.92 Å². The number of hydrogen-bond donors (Lipinski definition) is 2. The van der Waals surface area contributed by atoms with E-state index in [9.17, 15) is 0 Å². The van der Waals surface area contributed by atoms with Gasteiger partial charge in [-0.1, -0.05) is 6.92 Å². The highest BCUT2D eigenvalue weighted by atomic mass is 16.4. The summed E-state index contributed by atoms with van der Waals surface area (Å²) < 4.78 is 0. The Morgan fingerprint density at radius 2 is 1.73 bits per heavy atom.